The molecule has 0 bridgehead atoms. The third-order valence-corrected chi connectivity index (χ3v) is 3.48. The molecule has 17 heavy (non-hydrogen) atoms. The van der Waals surface area contributed by atoms with Crippen LogP contribution in [0.15, 0.2) is 35.3 Å². The third-order valence-electron chi connectivity index (χ3n) is 3.48. The van der Waals surface area contributed by atoms with E-state index >= 15 is 0 Å². The second-order valence-corrected chi connectivity index (χ2v) is 5.45. The van der Waals surface area contributed by atoms with Crippen LogP contribution in [0.3, 0.4) is 0 Å². The summed E-state index contributed by atoms with van der Waals surface area (Å²) in [7, 11) is 0. The van der Waals surface area contributed by atoms with Crippen LogP contribution < -0.4 is 0 Å². The summed E-state index contributed by atoms with van der Waals surface area (Å²) in [6.45, 7) is 7.42. The fraction of sp³-hybridized carbons (Fsp3) is 0.533. The molecule has 0 aromatic heterocycles. The summed E-state index contributed by atoms with van der Waals surface area (Å²) in [6.07, 6.45) is 2.08. The standard InChI is InChI=1S/C15H21NO/c1-4-15(2,3)10-14-16-13(11-17-14)12-8-6-5-7-9-12/h5-9,13H,4,10-11H2,1-3H3/t13-/m0/s1. The number of hydrogen-bond acceptors (Lipinski definition) is 2. The van der Waals surface area contributed by atoms with Gasteiger partial charge in [-0.1, -0.05) is 57.5 Å². The van der Waals surface area contributed by atoms with Crippen molar-refractivity contribution in [1.29, 1.82) is 0 Å². The van der Waals surface area contributed by atoms with Crippen LogP contribution in [0.1, 0.15) is 45.2 Å². The lowest BCUT2D eigenvalue weighted by atomic mass is 9.86. The molecule has 0 saturated heterocycles. The minimum Gasteiger partial charge on any atom is -0.478 e. The van der Waals surface area contributed by atoms with Crippen molar-refractivity contribution in [3.8, 4) is 0 Å². The molecule has 1 aliphatic rings. The Morgan fingerprint density at radius 2 is 2.00 bits per heavy atom. The summed E-state index contributed by atoms with van der Waals surface area (Å²) in [6, 6.07) is 10.6. The maximum absolute atomic E-state index is 5.71. The summed E-state index contributed by atoms with van der Waals surface area (Å²) in [4.78, 5) is 4.69. The van der Waals surface area contributed by atoms with E-state index in [1.165, 1.54) is 5.56 Å². The SMILES string of the molecule is CCC(C)(C)CC1=N[C@H](c2ccccc2)CO1. The van der Waals surface area contributed by atoms with E-state index in [1.54, 1.807) is 0 Å². The number of ether oxygens (including phenoxy) is 1. The van der Waals surface area contributed by atoms with E-state index in [0.717, 1.165) is 18.7 Å². The average molecular weight is 231 g/mol. The van der Waals surface area contributed by atoms with E-state index in [9.17, 15) is 0 Å². The highest BCUT2D eigenvalue weighted by atomic mass is 16.5. The molecule has 92 valence electrons. The maximum Gasteiger partial charge on any atom is 0.184 e. The molecule has 0 unspecified atom stereocenters. The minimum absolute atomic E-state index is 0.193. The van der Waals surface area contributed by atoms with Gasteiger partial charge >= 0.3 is 0 Å². The predicted octanol–water partition coefficient (Wildman–Crippen LogP) is 3.98. The first-order chi connectivity index (χ1) is 8.11. The molecule has 1 aromatic carbocycles. The monoisotopic (exact) mass is 231 g/mol. The molecule has 1 heterocycles. The van der Waals surface area contributed by atoms with Gasteiger partial charge in [0, 0.05) is 6.42 Å². The maximum atomic E-state index is 5.71. The van der Waals surface area contributed by atoms with Crippen LogP contribution in [0, 0.1) is 5.41 Å². The van der Waals surface area contributed by atoms with Crippen LogP contribution in [0.25, 0.3) is 0 Å². The largest absolute Gasteiger partial charge is 0.478 e. The number of hydrogen-bond donors (Lipinski definition) is 0. The molecule has 2 nitrogen and oxygen atoms in total. The van der Waals surface area contributed by atoms with Gasteiger partial charge in [-0.05, 0) is 11.0 Å². The highest BCUT2D eigenvalue weighted by Gasteiger charge is 2.25. The van der Waals surface area contributed by atoms with E-state index in [4.69, 9.17) is 4.74 Å². The topological polar surface area (TPSA) is 21.6 Å². The molecule has 1 aromatic rings. The molecule has 0 spiro atoms. The molecule has 0 N–H and O–H groups in total. The van der Waals surface area contributed by atoms with Gasteiger partial charge < -0.3 is 4.74 Å². The van der Waals surface area contributed by atoms with E-state index in [2.05, 4.69) is 50.0 Å². The Morgan fingerprint density at radius 3 is 2.65 bits per heavy atom. The number of aliphatic imine (C=N–C) groups is 1. The molecule has 0 fully saturated rings. The van der Waals surface area contributed by atoms with Crippen molar-refractivity contribution in [1.82, 2.24) is 0 Å². The van der Waals surface area contributed by atoms with Crippen molar-refractivity contribution < 1.29 is 4.74 Å². The summed E-state index contributed by atoms with van der Waals surface area (Å²) < 4.78 is 5.71. The van der Waals surface area contributed by atoms with Gasteiger partial charge in [-0.3, -0.25) is 0 Å². The quantitative estimate of drug-likeness (QED) is 0.768. The molecular weight excluding hydrogens is 210 g/mol. The van der Waals surface area contributed by atoms with Crippen LogP contribution in [-0.2, 0) is 4.74 Å². The highest BCUT2D eigenvalue weighted by molar-refractivity contribution is 5.78. The molecule has 0 radical (unpaired) electrons. The third kappa shape index (κ3) is 3.09. The Kier molecular flexibility index (Phi) is 3.51. The Morgan fingerprint density at radius 1 is 1.29 bits per heavy atom. The van der Waals surface area contributed by atoms with Crippen LogP contribution >= 0.6 is 0 Å². The molecule has 2 heteroatoms. The molecule has 0 amide bonds. The summed E-state index contributed by atoms with van der Waals surface area (Å²) in [5.74, 6) is 0.922. The molecule has 0 saturated carbocycles. The second-order valence-electron chi connectivity index (χ2n) is 5.45. The van der Waals surface area contributed by atoms with Gasteiger partial charge in [0.1, 0.15) is 12.6 Å². The van der Waals surface area contributed by atoms with E-state index < -0.39 is 0 Å². The summed E-state index contributed by atoms with van der Waals surface area (Å²) in [5, 5.41) is 0. The zero-order valence-electron chi connectivity index (χ0n) is 10.9. The van der Waals surface area contributed by atoms with Gasteiger partial charge in [0.15, 0.2) is 5.90 Å². The first-order valence-corrected chi connectivity index (χ1v) is 6.35. The fourth-order valence-electron chi connectivity index (χ4n) is 1.90. The van der Waals surface area contributed by atoms with Gasteiger partial charge in [-0.15, -0.1) is 0 Å². The lowest BCUT2D eigenvalue weighted by molar-refractivity contribution is 0.281. The Hall–Kier alpha value is -1.31. The highest BCUT2D eigenvalue weighted by Crippen LogP contribution is 2.30. The Bertz CT molecular complexity index is 395. The molecular formula is C15H21NO. The van der Waals surface area contributed by atoms with Crippen LogP contribution in [-0.4, -0.2) is 12.5 Å². The van der Waals surface area contributed by atoms with Crippen molar-refractivity contribution in [3.05, 3.63) is 35.9 Å². The van der Waals surface area contributed by atoms with Crippen molar-refractivity contribution in [2.45, 2.75) is 39.7 Å². The molecule has 1 aliphatic heterocycles. The van der Waals surface area contributed by atoms with Crippen molar-refractivity contribution in [2.24, 2.45) is 10.4 Å². The molecule has 2 rings (SSSR count). The predicted molar refractivity (Wildman–Crippen MR) is 71.3 cm³/mol. The normalized spacial score (nSPS) is 19.9. The number of benzene rings is 1. The van der Waals surface area contributed by atoms with Crippen LogP contribution in [0.5, 0.6) is 0 Å². The van der Waals surface area contributed by atoms with Crippen molar-refractivity contribution in [3.63, 3.8) is 0 Å². The Labute approximate surface area is 104 Å². The van der Waals surface area contributed by atoms with E-state index in [-0.39, 0.29) is 11.5 Å². The average Bonchev–Trinajstić information content (AvgIpc) is 2.78. The van der Waals surface area contributed by atoms with Crippen molar-refractivity contribution >= 4 is 5.90 Å². The fourth-order valence-corrected chi connectivity index (χ4v) is 1.90. The smallest absolute Gasteiger partial charge is 0.184 e. The number of rotatable bonds is 4. The summed E-state index contributed by atoms with van der Waals surface area (Å²) in [5.41, 5.74) is 1.53. The summed E-state index contributed by atoms with van der Waals surface area (Å²) >= 11 is 0. The first kappa shape index (κ1) is 12.2. The van der Waals surface area contributed by atoms with Crippen molar-refractivity contribution in [2.75, 3.05) is 6.61 Å². The zero-order valence-corrected chi connectivity index (χ0v) is 10.9. The molecule has 1 atom stereocenters. The minimum atomic E-state index is 0.193. The Balaban J connectivity index is 2.05. The van der Waals surface area contributed by atoms with Gasteiger partial charge in [-0.25, -0.2) is 4.99 Å². The second kappa shape index (κ2) is 4.91. The van der Waals surface area contributed by atoms with Crippen LogP contribution in [0.4, 0.5) is 0 Å². The lowest BCUT2D eigenvalue weighted by Crippen LogP contribution is -2.16. The lowest BCUT2D eigenvalue weighted by Gasteiger charge is -2.21. The van der Waals surface area contributed by atoms with E-state index in [1.807, 2.05) is 6.07 Å². The first-order valence-electron chi connectivity index (χ1n) is 6.35. The zero-order chi connectivity index (χ0) is 12.3. The van der Waals surface area contributed by atoms with E-state index in [0.29, 0.717) is 6.61 Å². The van der Waals surface area contributed by atoms with Gasteiger partial charge in [0.05, 0.1) is 0 Å². The van der Waals surface area contributed by atoms with Gasteiger partial charge in [0.2, 0.25) is 0 Å². The molecule has 0 aliphatic carbocycles. The van der Waals surface area contributed by atoms with Gasteiger partial charge in [0.25, 0.3) is 0 Å². The van der Waals surface area contributed by atoms with Gasteiger partial charge in [-0.2, -0.15) is 0 Å². The number of nitrogens with zero attached hydrogens (tertiary/aromatic N) is 1. The van der Waals surface area contributed by atoms with Crippen LogP contribution in [0.2, 0.25) is 0 Å².